The second-order valence-corrected chi connectivity index (χ2v) is 11.4. The van der Waals surface area contributed by atoms with E-state index in [-0.39, 0.29) is 20.1 Å². The summed E-state index contributed by atoms with van der Waals surface area (Å²) in [7, 11) is 2.13. The van der Waals surface area contributed by atoms with E-state index >= 15 is 0 Å². The Labute approximate surface area is 268 Å². The molecule has 10 rings (SSSR count). The van der Waals surface area contributed by atoms with Gasteiger partial charge in [0.25, 0.3) is 0 Å². The van der Waals surface area contributed by atoms with Crippen molar-refractivity contribution in [2.45, 2.75) is 6.04 Å². The summed E-state index contributed by atoms with van der Waals surface area (Å²) in [6.45, 7) is 3.23. The first-order chi connectivity index (χ1) is 21.2. The van der Waals surface area contributed by atoms with E-state index in [9.17, 15) is 0 Å². The Morgan fingerprint density at radius 1 is 0.818 bits per heavy atom. The van der Waals surface area contributed by atoms with Crippen molar-refractivity contribution in [3.8, 4) is 11.1 Å². The molecule has 44 heavy (non-hydrogen) atoms. The van der Waals surface area contributed by atoms with E-state index in [4.69, 9.17) is 0 Å². The van der Waals surface area contributed by atoms with Crippen LogP contribution in [0.3, 0.4) is 0 Å². The zero-order chi connectivity index (χ0) is 28.5. The Kier molecular flexibility index (Phi) is 6.46. The summed E-state index contributed by atoms with van der Waals surface area (Å²) >= 11 is 0. The third kappa shape index (κ3) is 4.06. The molecule has 0 aliphatic carbocycles. The Morgan fingerprint density at radius 3 is 2.55 bits per heavy atom. The van der Waals surface area contributed by atoms with Crippen molar-refractivity contribution in [1.82, 2.24) is 19.3 Å². The van der Waals surface area contributed by atoms with Gasteiger partial charge in [0.05, 0.1) is 0 Å². The maximum atomic E-state index is 4.61. The molecule has 8 aromatic rings. The topological polar surface area (TPSA) is 36.7 Å². The molecule has 5 aromatic carbocycles. The third-order valence-corrected chi connectivity index (χ3v) is 8.83. The van der Waals surface area contributed by atoms with Gasteiger partial charge in [-0.25, -0.2) is 0 Å². The molecule has 0 spiro atoms. The largest absolute Gasteiger partial charge is 3.00 e. The van der Waals surface area contributed by atoms with Crippen LogP contribution in [0.5, 0.6) is 0 Å². The number of rotatable bonds is 0. The first-order valence-corrected chi connectivity index (χ1v) is 14.5. The maximum Gasteiger partial charge on any atom is 3.00 e. The minimum Gasteiger partial charge on any atom is -0.521 e. The fourth-order valence-corrected chi connectivity index (χ4v) is 6.95. The molecule has 1 atom stereocenters. The monoisotopic (exact) mass is 745 g/mol. The van der Waals surface area contributed by atoms with E-state index in [0.717, 1.165) is 28.5 Å². The van der Waals surface area contributed by atoms with Crippen LogP contribution in [0, 0.1) is 18.9 Å². The summed E-state index contributed by atoms with van der Waals surface area (Å²) in [5, 5.41) is 7.34. The Morgan fingerprint density at radius 2 is 1.64 bits per heavy atom. The molecule has 2 aliphatic rings. The van der Waals surface area contributed by atoms with Crippen molar-refractivity contribution in [3.63, 3.8) is 0 Å². The molecule has 6 heteroatoms. The summed E-state index contributed by atoms with van der Waals surface area (Å²) in [5.41, 5.74) is 8.25. The standard InChI is InChI=1S/C22H12N3.C16H14N2.Ir/c1-2-5-15-11-18-16(10-14(15)4-1)7-8-19-21(18)17-6-3-9-24-22(17)20-12-23-13-25(19)20;1-17-10-16-14-8-3-2-6-12(14)13-7-4-5-9-15(13)18(16)11-17;/h1-11,13H;2-8,11,16H,10H2,1H3;/q-1;-2;+3. The minimum absolute atomic E-state index is 0. The third-order valence-electron chi connectivity index (χ3n) is 8.83. The van der Waals surface area contributed by atoms with Crippen molar-refractivity contribution in [2.75, 3.05) is 18.5 Å². The zero-order valence-electron chi connectivity index (χ0n) is 23.9. The quantitative estimate of drug-likeness (QED) is 0.0892. The van der Waals surface area contributed by atoms with Gasteiger partial charge in [-0.1, -0.05) is 72.4 Å². The molecule has 0 saturated carbocycles. The van der Waals surface area contributed by atoms with Gasteiger partial charge in [0.1, 0.15) is 0 Å². The van der Waals surface area contributed by atoms with E-state index in [1.165, 1.54) is 49.3 Å². The molecule has 212 valence electrons. The molecule has 1 fully saturated rings. The Bertz CT molecular complexity index is 2310. The van der Waals surface area contributed by atoms with E-state index in [2.05, 4.69) is 141 Å². The fourth-order valence-electron chi connectivity index (χ4n) is 6.95. The van der Waals surface area contributed by atoms with Crippen LogP contribution < -0.4 is 4.90 Å². The summed E-state index contributed by atoms with van der Waals surface area (Å²) in [5.74, 6) is 0. The number of fused-ring (bicyclic) bond motifs is 15. The van der Waals surface area contributed by atoms with Crippen LogP contribution >= 0.6 is 0 Å². The smallest absolute Gasteiger partial charge is 0.521 e. The van der Waals surface area contributed by atoms with Crippen molar-refractivity contribution in [1.29, 1.82) is 0 Å². The van der Waals surface area contributed by atoms with E-state index in [1.807, 2.05) is 24.7 Å². The second kappa shape index (κ2) is 10.5. The first-order valence-electron chi connectivity index (χ1n) is 14.5. The summed E-state index contributed by atoms with van der Waals surface area (Å²) in [6, 6.07) is 40.3. The van der Waals surface area contributed by atoms with Gasteiger partial charge in [-0.15, -0.1) is 11.3 Å². The molecule has 5 heterocycles. The Balaban J connectivity index is 0.000000135. The molecule has 2 aliphatic heterocycles. The van der Waals surface area contributed by atoms with Crippen molar-refractivity contribution in [3.05, 3.63) is 140 Å². The number of anilines is 1. The van der Waals surface area contributed by atoms with Gasteiger partial charge in [-0.2, -0.15) is 30.9 Å². The number of likely N-dealkylation sites (N-methyl/N-ethyl adjacent to an activating group) is 1. The second-order valence-electron chi connectivity index (χ2n) is 11.4. The van der Waals surface area contributed by atoms with Gasteiger partial charge in [-0.3, -0.25) is 0 Å². The van der Waals surface area contributed by atoms with Crippen LogP contribution in [-0.4, -0.2) is 32.9 Å². The number of imidazole rings is 1. The molecule has 0 radical (unpaired) electrons. The SMILES string of the molecule is CN1[CH-]N2c3[c-]cccc3-c3ccccc3C2C1.[Ir+3].[c-]1ncn2c1c1ncccc1c1c3cc4ccccc4cc3ccc12. The molecule has 0 N–H and O–H groups in total. The van der Waals surface area contributed by atoms with Gasteiger partial charge >= 0.3 is 20.1 Å². The van der Waals surface area contributed by atoms with Gasteiger partial charge in [0.15, 0.2) is 0 Å². The van der Waals surface area contributed by atoms with Gasteiger partial charge in [-0.05, 0) is 87.7 Å². The molecule has 1 saturated heterocycles. The van der Waals surface area contributed by atoms with E-state index in [1.54, 1.807) is 0 Å². The number of para-hydroxylation sites is 1. The molecule has 0 amide bonds. The summed E-state index contributed by atoms with van der Waals surface area (Å²) in [6.07, 6.45) is 6.73. The van der Waals surface area contributed by atoms with E-state index in [0.29, 0.717) is 6.04 Å². The van der Waals surface area contributed by atoms with Gasteiger partial charge in [0, 0.05) is 23.1 Å². The van der Waals surface area contributed by atoms with Crippen LogP contribution in [0.15, 0.2) is 116 Å². The van der Waals surface area contributed by atoms with Gasteiger partial charge < -0.3 is 24.2 Å². The molecular formula is C38H26IrN5. The number of hydrogen-bond acceptors (Lipinski definition) is 4. The summed E-state index contributed by atoms with van der Waals surface area (Å²) < 4.78 is 2.08. The maximum absolute atomic E-state index is 4.61. The average molecular weight is 745 g/mol. The molecule has 1 unspecified atom stereocenters. The van der Waals surface area contributed by atoms with Crippen molar-refractivity contribution in [2.24, 2.45) is 0 Å². The normalized spacial score (nSPS) is 15.6. The first kappa shape index (κ1) is 27.0. The number of hydrogen-bond donors (Lipinski definition) is 0. The Hall–Kier alpha value is -4.61. The predicted octanol–water partition coefficient (Wildman–Crippen LogP) is 8.22. The van der Waals surface area contributed by atoms with Crippen molar-refractivity contribution >= 4 is 54.6 Å². The predicted molar refractivity (Wildman–Crippen MR) is 175 cm³/mol. The fraction of sp³-hybridized carbons (Fsp3) is 0.0789. The average Bonchev–Trinajstić information content (AvgIpc) is 3.72. The molecular weight excluding hydrogens is 719 g/mol. The van der Waals surface area contributed by atoms with Gasteiger partial charge in [0.2, 0.25) is 0 Å². The van der Waals surface area contributed by atoms with Crippen LogP contribution in [0.1, 0.15) is 11.6 Å². The number of benzene rings is 5. The molecule has 3 aromatic heterocycles. The zero-order valence-corrected chi connectivity index (χ0v) is 26.3. The van der Waals surface area contributed by atoms with Crippen LogP contribution in [0.4, 0.5) is 5.69 Å². The number of nitrogens with zero attached hydrogens (tertiary/aromatic N) is 5. The minimum atomic E-state index is 0. The molecule has 0 bridgehead atoms. The van der Waals surface area contributed by atoms with E-state index < -0.39 is 0 Å². The molecule has 5 nitrogen and oxygen atoms in total. The van der Waals surface area contributed by atoms with Crippen molar-refractivity contribution < 1.29 is 20.1 Å². The van der Waals surface area contributed by atoms with Crippen LogP contribution in [0.2, 0.25) is 0 Å². The summed E-state index contributed by atoms with van der Waals surface area (Å²) in [4.78, 5) is 13.4. The van der Waals surface area contributed by atoms with Crippen LogP contribution in [-0.2, 0) is 20.1 Å². The van der Waals surface area contributed by atoms with Crippen LogP contribution in [0.25, 0.3) is 60.0 Å². The number of pyridine rings is 2. The number of aromatic nitrogens is 3.